The number of nitrogens with zero attached hydrogens (tertiary/aromatic N) is 1. The summed E-state index contributed by atoms with van der Waals surface area (Å²) in [7, 11) is 0. The standard InChI is InChI=1S/C12H12FN3/c1-8-6-11(14)12(15-7-8)16-10-4-2-9(13)3-5-10/h2-7H,14H2,1H3,(H,15,16). The zero-order valence-corrected chi connectivity index (χ0v) is 8.87. The predicted octanol–water partition coefficient (Wildman–Crippen LogP) is 2.85. The maximum absolute atomic E-state index is 12.7. The number of nitrogens with one attached hydrogen (secondary N) is 1. The van der Waals surface area contributed by atoms with Crippen LogP contribution in [0.4, 0.5) is 21.6 Å². The Morgan fingerprint density at radius 2 is 1.94 bits per heavy atom. The van der Waals surface area contributed by atoms with Crippen molar-refractivity contribution in [1.82, 2.24) is 4.98 Å². The molecule has 0 fully saturated rings. The van der Waals surface area contributed by atoms with E-state index in [1.165, 1.54) is 12.1 Å². The molecule has 0 spiro atoms. The van der Waals surface area contributed by atoms with Crippen molar-refractivity contribution in [3.63, 3.8) is 0 Å². The van der Waals surface area contributed by atoms with Gasteiger partial charge in [0.1, 0.15) is 5.82 Å². The lowest BCUT2D eigenvalue weighted by Gasteiger charge is -2.08. The van der Waals surface area contributed by atoms with Crippen LogP contribution in [0.25, 0.3) is 0 Å². The molecule has 2 rings (SSSR count). The number of benzene rings is 1. The summed E-state index contributed by atoms with van der Waals surface area (Å²) in [5.41, 5.74) is 8.13. The maximum Gasteiger partial charge on any atom is 0.153 e. The highest BCUT2D eigenvalue weighted by atomic mass is 19.1. The average Bonchev–Trinajstić information content (AvgIpc) is 2.25. The first kappa shape index (κ1) is 10.4. The van der Waals surface area contributed by atoms with Gasteiger partial charge >= 0.3 is 0 Å². The molecule has 0 aliphatic carbocycles. The fraction of sp³-hybridized carbons (Fsp3) is 0.0833. The van der Waals surface area contributed by atoms with Gasteiger partial charge in [0, 0.05) is 11.9 Å². The minimum Gasteiger partial charge on any atom is -0.396 e. The normalized spacial score (nSPS) is 10.1. The van der Waals surface area contributed by atoms with Gasteiger partial charge in [-0.25, -0.2) is 9.37 Å². The van der Waals surface area contributed by atoms with Crippen LogP contribution in [0, 0.1) is 12.7 Å². The molecule has 0 aliphatic heterocycles. The van der Waals surface area contributed by atoms with E-state index in [1.807, 2.05) is 13.0 Å². The van der Waals surface area contributed by atoms with Gasteiger partial charge in [-0.1, -0.05) is 0 Å². The summed E-state index contributed by atoms with van der Waals surface area (Å²) in [5, 5.41) is 3.02. The van der Waals surface area contributed by atoms with E-state index in [-0.39, 0.29) is 5.82 Å². The van der Waals surface area contributed by atoms with Gasteiger partial charge in [-0.2, -0.15) is 0 Å². The lowest BCUT2D eigenvalue weighted by atomic mass is 10.2. The first-order valence-corrected chi connectivity index (χ1v) is 4.90. The van der Waals surface area contributed by atoms with Crippen molar-refractivity contribution in [2.45, 2.75) is 6.92 Å². The third-order valence-corrected chi connectivity index (χ3v) is 2.16. The number of hydrogen-bond acceptors (Lipinski definition) is 3. The van der Waals surface area contributed by atoms with Gasteiger partial charge in [0.25, 0.3) is 0 Å². The van der Waals surface area contributed by atoms with E-state index >= 15 is 0 Å². The van der Waals surface area contributed by atoms with Gasteiger partial charge in [-0.05, 0) is 42.8 Å². The monoisotopic (exact) mass is 217 g/mol. The molecular weight excluding hydrogens is 205 g/mol. The van der Waals surface area contributed by atoms with E-state index in [9.17, 15) is 4.39 Å². The zero-order chi connectivity index (χ0) is 11.5. The molecular formula is C12H12FN3. The van der Waals surface area contributed by atoms with Gasteiger partial charge in [0.2, 0.25) is 0 Å². The van der Waals surface area contributed by atoms with E-state index < -0.39 is 0 Å². The molecule has 2 aromatic rings. The second-order valence-corrected chi connectivity index (χ2v) is 3.58. The topological polar surface area (TPSA) is 50.9 Å². The Bertz CT molecular complexity index is 494. The molecule has 16 heavy (non-hydrogen) atoms. The average molecular weight is 217 g/mol. The molecule has 3 nitrogen and oxygen atoms in total. The molecule has 0 amide bonds. The Hall–Kier alpha value is -2.10. The molecule has 0 aliphatic rings. The molecule has 0 bridgehead atoms. The Morgan fingerprint density at radius 3 is 2.56 bits per heavy atom. The fourth-order valence-corrected chi connectivity index (χ4v) is 1.37. The SMILES string of the molecule is Cc1cnc(Nc2ccc(F)cc2)c(N)c1. The largest absolute Gasteiger partial charge is 0.396 e. The van der Waals surface area contributed by atoms with Gasteiger partial charge in [0.05, 0.1) is 5.69 Å². The second kappa shape index (κ2) is 4.18. The lowest BCUT2D eigenvalue weighted by Crippen LogP contribution is -1.99. The van der Waals surface area contributed by atoms with Crippen molar-refractivity contribution in [2.75, 3.05) is 11.1 Å². The third-order valence-electron chi connectivity index (χ3n) is 2.16. The second-order valence-electron chi connectivity index (χ2n) is 3.58. The van der Waals surface area contributed by atoms with Crippen molar-refractivity contribution in [3.05, 3.63) is 47.9 Å². The third kappa shape index (κ3) is 2.28. The number of nitrogen functional groups attached to an aromatic ring is 1. The van der Waals surface area contributed by atoms with E-state index in [0.29, 0.717) is 11.5 Å². The summed E-state index contributed by atoms with van der Waals surface area (Å²) in [6.45, 7) is 1.92. The molecule has 0 radical (unpaired) electrons. The summed E-state index contributed by atoms with van der Waals surface area (Å²) in [6.07, 6.45) is 1.72. The summed E-state index contributed by atoms with van der Waals surface area (Å²) < 4.78 is 12.7. The quantitative estimate of drug-likeness (QED) is 0.813. The van der Waals surface area contributed by atoms with Gasteiger partial charge in [-0.15, -0.1) is 0 Å². The summed E-state index contributed by atoms with van der Waals surface area (Å²) >= 11 is 0. The van der Waals surface area contributed by atoms with Crippen molar-refractivity contribution in [3.8, 4) is 0 Å². The van der Waals surface area contributed by atoms with Crippen LogP contribution in [0.5, 0.6) is 0 Å². The number of pyridine rings is 1. The molecule has 82 valence electrons. The van der Waals surface area contributed by atoms with E-state index in [1.54, 1.807) is 18.3 Å². The summed E-state index contributed by atoms with van der Waals surface area (Å²) in [6, 6.07) is 7.87. The van der Waals surface area contributed by atoms with Crippen LogP contribution >= 0.6 is 0 Å². The molecule has 0 saturated carbocycles. The van der Waals surface area contributed by atoms with Crippen molar-refractivity contribution >= 4 is 17.2 Å². The summed E-state index contributed by atoms with van der Waals surface area (Å²) in [5.74, 6) is 0.313. The van der Waals surface area contributed by atoms with Crippen LogP contribution < -0.4 is 11.1 Å². The first-order valence-electron chi connectivity index (χ1n) is 4.90. The van der Waals surface area contributed by atoms with Crippen LogP contribution in [0.1, 0.15) is 5.56 Å². The van der Waals surface area contributed by atoms with Crippen LogP contribution in [0.15, 0.2) is 36.5 Å². The Morgan fingerprint density at radius 1 is 1.25 bits per heavy atom. The molecule has 1 aromatic heterocycles. The number of nitrogens with two attached hydrogens (primary N) is 1. The van der Waals surface area contributed by atoms with Crippen LogP contribution in [0.3, 0.4) is 0 Å². The molecule has 0 unspecified atom stereocenters. The molecule has 4 heteroatoms. The number of halogens is 1. The smallest absolute Gasteiger partial charge is 0.153 e. The number of hydrogen-bond donors (Lipinski definition) is 2. The highest BCUT2D eigenvalue weighted by Gasteiger charge is 2.01. The minimum atomic E-state index is -0.268. The Kier molecular flexibility index (Phi) is 2.72. The number of rotatable bonds is 2. The number of anilines is 3. The van der Waals surface area contributed by atoms with Crippen molar-refractivity contribution in [2.24, 2.45) is 0 Å². The zero-order valence-electron chi connectivity index (χ0n) is 8.87. The maximum atomic E-state index is 12.7. The van der Waals surface area contributed by atoms with Crippen molar-refractivity contribution in [1.29, 1.82) is 0 Å². The molecule has 0 saturated heterocycles. The van der Waals surface area contributed by atoms with Crippen molar-refractivity contribution < 1.29 is 4.39 Å². The predicted molar refractivity (Wildman–Crippen MR) is 63.1 cm³/mol. The highest BCUT2D eigenvalue weighted by molar-refractivity contribution is 5.68. The van der Waals surface area contributed by atoms with E-state index in [4.69, 9.17) is 5.73 Å². The summed E-state index contributed by atoms with van der Waals surface area (Å²) in [4.78, 5) is 4.17. The lowest BCUT2D eigenvalue weighted by molar-refractivity contribution is 0.628. The number of aromatic nitrogens is 1. The number of aryl methyl sites for hydroxylation is 1. The van der Waals surface area contributed by atoms with Gasteiger partial charge in [-0.3, -0.25) is 0 Å². The highest BCUT2D eigenvalue weighted by Crippen LogP contribution is 2.21. The molecule has 1 aromatic carbocycles. The van der Waals surface area contributed by atoms with E-state index in [2.05, 4.69) is 10.3 Å². The minimum absolute atomic E-state index is 0.268. The molecule has 1 heterocycles. The van der Waals surface area contributed by atoms with Crippen LogP contribution in [0.2, 0.25) is 0 Å². The van der Waals surface area contributed by atoms with Crippen LogP contribution in [-0.4, -0.2) is 4.98 Å². The fourth-order valence-electron chi connectivity index (χ4n) is 1.37. The van der Waals surface area contributed by atoms with Crippen LogP contribution in [-0.2, 0) is 0 Å². The van der Waals surface area contributed by atoms with Gasteiger partial charge in [0.15, 0.2) is 5.82 Å². The van der Waals surface area contributed by atoms with Gasteiger partial charge < -0.3 is 11.1 Å². The molecule has 0 atom stereocenters. The first-order chi connectivity index (χ1) is 7.65. The Labute approximate surface area is 93.1 Å². The Balaban J connectivity index is 2.23. The van der Waals surface area contributed by atoms with E-state index in [0.717, 1.165) is 11.3 Å². The molecule has 3 N–H and O–H groups in total.